The average Bonchev–Trinajstić information content (AvgIpc) is 2.37. The van der Waals surface area contributed by atoms with Crippen LogP contribution in [0.2, 0.25) is 0 Å². The predicted molar refractivity (Wildman–Crippen MR) is 70.0 cm³/mol. The normalized spacial score (nSPS) is 9.84. The van der Waals surface area contributed by atoms with Crippen LogP contribution in [0, 0.1) is 10.1 Å². The minimum absolute atomic E-state index is 0.0603. The van der Waals surface area contributed by atoms with Crippen molar-refractivity contribution in [1.82, 2.24) is 8.05 Å². The molecule has 0 bridgehead atoms. The van der Waals surface area contributed by atoms with Crippen LogP contribution in [0.15, 0.2) is 24.3 Å². The summed E-state index contributed by atoms with van der Waals surface area (Å²) in [6.07, 6.45) is 0. The average molecular weight is 379 g/mol. The molecule has 0 N–H and O–H groups in total. The Balaban J connectivity index is 2.73. The van der Waals surface area contributed by atoms with Crippen molar-refractivity contribution < 1.29 is 14.5 Å². The van der Waals surface area contributed by atoms with Gasteiger partial charge in [-0.15, -0.1) is 0 Å². The standard InChI is InChI=1S/C11H13N3O4Te/c1-12(2)11(16)13(3)19-10(15)8-4-6-9(7-5-8)14(17)18/h4-7H,1-3H3. The van der Waals surface area contributed by atoms with Crippen LogP contribution in [0.1, 0.15) is 10.4 Å². The summed E-state index contributed by atoms with van der Waals surface area (Å²) in [4.78, 5) is 34.9. The number of non-ortho nitro benzene ring substituents is 1. The zero-order valence-electron chi connectivity index (χ0n) is 10.7. The number of amides is 2. The Morgan fingerprint density at radius 2 is 1.68 bits per heavy atom. The molecule has 1 rings (SSSR count). The topological polar surface area (TPSA) is 83.8 Å². The van der Waals surface area contributed by atoms with Crippen LogP contribution in [0.4, 0.5) is 10.5 Å². The molecule has 0 spiro atoms. The van der Waals surface area contributed by atoms with E-state index in [1.165, 1.54) is 32.3 Å². The fraction of sp³-hybridized carbons (Fsp3) is 0.273. The van der Waals surface area contributed by atoms with E-state index in [0.29, 0.717) is 5.56 Å². The first kappa shape index (κ1) is 15.4. The fourth-order valence-electron chi connectivity index (χ4n) is 1.22. The molecule has 0 aliphatic rings. The fourth-order valence-corrected chi connectivity index (χ4v) is 3.31. The van der Waals surface area contributed by atoms with Crippen molar-refractivity contribution >= 4 is 36.7 Å². The number of nitrogens with zero attached hydrogens (tertiary/aromatic N) is 3. The molecule has 1 aromatic rings. The number of nitro groups is 1. The van der Waals surface area contributed by atoms with Gasteiger partial charge in [0.1, 0.15) is 0 Å². The van der Waals surface area contributed by atoms with Crippen LogP contribution in [0.25, 0.3) is 0 Å². The van der Waals surface area contributed by atoms with Gasteiger partial charge in [-0.2, -0.15) is 0 Å². The third-order valence-electron chi connectivity index (χ3n) is 2.19. The van der Waals surface area contributed by atoms with Crippen LogP contribution in [0.5, 0.6) is 0 Å². The van der Waals surface area contributed by atoms with Crippen molar-refractivity contribution in [3.8, 4) is 0 Å². The van der Waals surface area contributed by atoms with Gasteiger partial charge >= 0.3 is 120 Å². The Morgan fingerprint density at radius 3 is 2.11 bits per heavy atom. The van der Waals surface area contributed by atoms with Gasteiger partial charge in [0.25, 0.3) is 0 Å². The number of hydrogen-bond acceptors (Lipinski definition) is 4. The van der Waals surface area contributed by atoms with E-state index >= 15 is 0 Å². The summed E-state index contributed by atoms with van der Waals surface area (Å²) in [5.74, 6) is 0. The Bertz CT molecular complexity index is 501. The second-order valence-electron chi connectivity index (χ2n) is 3.86. The summed E-state index contributed by atoms with van der Waals surface area (Å²) in [7, 11) is 4.80. The summed E-state index contributed by atoms with van der Waals surface area (Å²) in [5, 5.41) is 10.5. The summed E-state index contributed by atoms with van der Waals surface area (Å²) in [6.45, 7) is 0. The molecular weight excluding hydrogens is 366 g/mol. The maximum absolute atomic E-state index is 11.9. The molecule has 19 heavy (non-hydrogen) atoms. The molecular formula is C11H13N3O4Te. The van der Waals surface area contributed by atoms with E-state index in [2.05, 4.69) is 0 Å². The summed E-state index contributed by atoms with van der Waals surface area (Å²) in [5.41, 5.74) is 0.335. The quantitative estimate of drug-likeness (QED) is 0.444. The van der Waals surface area contributed by atoms with Crippen molar-refractivity contribution in [2.45, 2.75) is 0 Å². The number of urea groups is 1. The number of benzene rings is 1. The summed E-state index contributed by atoms with van der Waals surface area (Å²) < 4.78 is 1.27. The molecule has 0 atom stereocenters. The molecule has 0 saturated carbocycles. The monoisotopic (exact) mass is 381 g/mol. The minimum atomic E-state index is -1.34. The zero-order valence-corrected chi connectivity index (χ0v) is 13.0. The molecule has 102 valence electrons. The SMILES string of the molecule is CN(C)C(=O)N(C)[Te]C(=O)c1ccc([N+](=O)[O-])cc1. The molecule has 0 saturated heterocycles. The van der Waals surface area contributed by atoms with Crippen LogP contribution in [0.3, 0.4) is 0 Å². The van der Waals surface area contributed by atoms with Crippen LogP contribution in [-0.4, -0.2) is 65.2 Å². The van der Waals surface area contributed by atoms with E-state index in [0.717, 1.165) is 0 Å². The van der Waals surface area contributed by atoms with Gasteiger partial charge in [0.05, 0.1) is 0 Å². The molecule has 1 aromatic carbocycles. The maximum atomic E-state index is 11.9. The number of nitro benzene ring substituents is 1. The molecule has 0 heterocycles. The van der Waals surface area contributed by atoms with E-state index in [9.17, 15) is 19.7 Å². The molecule has 0 radical (unpaired) electrons. The van der Waals surface area contributed by atoms with E-state index in [4.69, 9.17) is 0 Å². The first-order valence-corrected chi connectivity index (χ1v) is 7.45. The third-order valence-corrected chi connectivity index (χ3v) is 4.56. The number of carbonyl (C=O) groups excluding carboxylic acids is 2. The van der Waals surface area contributed by atoms with Gasteiger partial charge in [-0.25, -0.2) is 0 Å². The molecule has 0 aliphatic carbocycles. The van der Waals surface area contributed by atoms with Gasteiger partial charge in [0.15, 0.2) is 0 Å². The number of rotatable bonds is 4. The Labute approximate surface area is 120 Å². The number of hydrogen-bond donors (Lipinski definition) is 0. The van der Waals surface area contributed by atoms with Crippen LogP contribution >= 0.6 is 0 Å². The van der Waals surface area contributed by atoms with Crippen molar-refractivity contribution in [3.63, 3.8) is 0 Å². The Hall–Kier alpha value is -1.65. The summed E-state index contributed by atoms with van der Waals surface area (Å²) in [6, 6.07) is 5.18. The molecule has 7 nitrogen and oxygen atoms in total. The van der Waals surface area contributed by atoms with Gasteiger partial charge in [-0.3, -0.25) is 0 Å². The predicted octanol–water partition coefficient (Wildman–Crippen LogP) is 0.968. The second kappa shape index (κ2) is 6.50. The van der Waals surface area contributed by atoms with Crippen LogP contribution in [-0.2, 0) is 0 Å². The van der Waals surface area contributed by atoms with Crippen molar-refractivity contribution in [2.24, 2.45) is 0 Å². The Morgan fingerprint density at radius 1 is 1.16 bits per heavy atom. The first-order chi connectivity index (χ1) is 8.82. The number of carbonyl (C=O) groups is 2. The van der Waals surface area contributed by atoms with Gasteiger partial charge in [0.2, 0.25) is 0 Å². The van der Waals surface area contributed by atoms with E-state index in [-0.39, 0.29) is 15.5 Å². The van der Waals surface area contributed by atoms with E-state index in [1.807, 2.05) is 0 Å². The second-order valence-corrected chi connectivity index (χ2v) is 7.00. The molecule has 0 unspecified atom stereocenters. The summed E-state index contributed by atoms with van der Waals surface area (Å²) >= 11 is -1.34. The zero-order chi connectivity index (χ0) is 14.6. The molecule has 0 aromatic heterocycles. The van der Waals surface area contributed by atoms with Crippen molar-refractivity contribution in [3.05, 3.63) is 39.9 Å². The molecule has 0 aliphatic heterocycles. The van der Waals surface area contributed by atoms with E-state index in [1.54, 1.807) is 21.1 Å². The molecule has 8 heteroatoms. The van der Waals surface area contributed by atoms with Gasteiger partial charge in [0, 0.05) is 0 Å². The van der Waals surface area contributed by atoms with E-state index < -0.39 is 26.1 Å². The van der Waals surface area contributed by atoms with Gasteiger partial charge in [-0.1, -0.05) is 0 Å². The molecule has 2 amide bonds. The third kappa shape index (κ3) is 4.19. The van der Waals surface area contributed by atoms with Crippen molar-refractivity contribution in [1.29, 1.82) is 0 Å². The van der Waals surface area contributed by atoms with Gasteiger partial charge in [-0.05, 0) is 0 Å². The molecule has 0 fully saturated rings. The Kier molecular flexibility index (Phi) is 5.27. The van der Waals surface area contributed by atoms with Gasteiger partial charge < -0.3 is 0 Å². The van der Waals surface area contributed by atoms with Crippen LogP contribution < -0.4 is 0 Å². The first-order valence-electron chi connectivity index (χ1n) is 5.24. The van der Waals surface area contributed by atoms with Crippen molar-refractivity contribution in [2.75, 3.05) is 21.1 Å².